The van der Waals surface area contributed by atoms with Gasteiger partial charge in [0.2, 0.25) is 0 Å². The molecule has 2 heterocycles. The maximum atomic E-state index is 11.0. The third-order valence-corrected chi connectivity index (χ3v) is 5.18. The maximum Gasteiger partial charge on any atom is 0.267 e. The molecule has 0 bridgehead atoms. The van der Waals surface area contributed by atoms with Gasteiger partial charge in [-0.2, -0.15) is 0 Å². The summed E-state index contributed by atoms with van der Waals surface area (Å²) < 4.78 is 5.88. The molecule has 150 valence electrons. The van der Waals surface area contributed by atoms with Crippen molar-refractivity contribution < 1.29 is 14.7 Å². The van der Waals surface area contributed by atoms with Gasteiger partial charge in [-0.25, -0.2) is 5.48 Å². The summed E-state index contributed by atoms with van der Waals surface area (Å²) in [5, 5.41) is 13.2. The summed E-state index contributed by atoms with van der Waals surface area (Å²) in [4.78, 5) is 14.6. The minimum Gasteiger partial charge on any atom is -0.491 e. The molecule has 0 atom stereocenters. The van der Waals surface area contributed by atoms with Crippen LogP contribution in [0.2, 0.25) is 0 Å². The van der Waals surface area contributed by atoms with Gasteiger partial charge in [0.1, 0.15) is 5.75 Å². The van der Waals surface area contributed by atoms with E-state index in [0.717, 1.165) is 50.3 Å². The van der Waals surface area contributed by atoms with Gasteiger partial charge in [-0.15, -0.1) is 0 Å². The van der Waals surface area contributed by atoms with E-state index in [-0.39, 0.29) is 0 Å². The molecular formula is C23H25N3O3. The van der Waals surface area contributed by atoms with E-state index in [9.17, 15) is 4.79 Å². The fourth-order valence-corrected chi connectivity index (χ4v) is 3.69. The number of hydrogen-bond donors (Lipinski definition) is 4. The highest BCUT2D eigenvalue weighted by Gasteiger charge is 2.17. The molecule has 29 heavy (non-hydrogen) atoms. The lowest BCUT2D eigenvalue weighted by atomic mass is 10.1. The molecule has 1 aliphatic rings. The summed E-state index contributed by atoms with van der Waals surface area (Å²) in [6.07, 6.45) is 6.01. The number of hydrogen-bond acceptors (Lipinski definition) is 4. The van der Waals surface area contributed by atoms with Crippen LogP contribution in [-0.4, -0.2) is 29.3 Å². The first kappa shape index (κ1) is 19.2. The molecule has 3 aromatic rings. The molecular weight excluding hydrogens is 366 g/mol. The van der Waals surface area contributed by atoms with E-state index in [1.165, 1.54) is 33.8 Å². The van der Waals surface area contributed by atoms with Crippen LogP contribution >= 0.6 is 0 Å². The summed E-state index contributed by atoms with van der Waals surface area (Å²) in [5.74, 6) is 0.493. The average molecular weight is 391 g/mol. The van der Waals surface area contributed by atoms with Crippen LogP contribution in [0, 0.1) is 0 Å². The Morgan fingerprint density at radius 2 is 2.07 bits per heavy atom. The Hall–Kier alpha value is -3.09. The molecule has 4 rings (SSSR count). The second-order valence-corrected chi connectivity index (χ2v) is 7.20. The summed E-state index contributed by atoms with van der Waals surface area (Å²) in [6.45, 7) is 2.46. The molecule has 6 nitrogen and oxygen atoms in total. The van der Waals surface area contributed by atoms with Gasteiger partial charge in [0.05, 0.1) is 17.8 Å². The molecule has 2 aromatic carbocycles. The molecule has 0 fully saturated rings. The van der Waals surface area contributed by atoms with E-state index < -0.39 is 5.91 Å². The van der Waals surface area contributed by atoms with Crippen LogP contribution in [-0.2, 0) is 24.2 Å². The Bertz CT molecular complexity index is 1020. The van der Waals surface area contributed by atoms with Gasteiger partial charge in [-0.1, -0.05) is 36.4 Å². The number of H-pyrrole nitrogens is 1. The second kappa shape index (κ2) is 8.94. The van der Waals surface area contributed by atoms with Crippen LogP contribution in [0.15, 0.2) is 48.5 Å². The fraction of sp³-hybridized carbons (Fsp3) is 0.261. The topological polar surface area (TPSA) is 86.4 Å². The normalized spacial score (nSPS) is 13.4. The lowest BCUT2D eigenvalue weighted by Gasteiger charge is -2.12. The number of carbonyl (C=O) groups excluding carboxylic acids is 1. The van der Waals surface area contributed by atoms with E-state index >= 15 is 0 Å². The lowest BCUT2D eigenvalue weighted by molar-refractivity contribution is -0.124. The highest BCUT2D eigenvalue weighted by molar-refractivity contribution is 5.91. The first-order chi connectivity index (χ1) is 14.2. The van der Waals surface area contributed by atoms with E-state index in [2.05, 4.69) is 28.5 Å². The van der Waals surface area contributed by atoms with E-state index in [4.69, 9.17) is 9.94 Å². The summed E-state index contributed by atoms with van der Waals surface area (Å²) in [7, 11) is 0. The standard InChI is InChI=1S/C23H25N3O3/c27-21(26-28)11-10-16-6-8-17(9-7-16)15-24-13-12-18-3-1-4-19-22(18)25-20-5-2-14-29-23(19)20/h1,3-4,6-11,24-25,28H,2,5,12-15H2,(H,26,27)/b11-10+. The average Bonchev–Trinajstić information content (AvgIpc) is 3.15. The zero-order valence-electron chi connectivity index (χ0n) is 16.2. The fourth-order valence-electron chi connectivity index (χ4n) is 3.69. The van der Waals surface area contributed by atoms with Crippen molar-refractivity contribution in [1.82, 2.24) is 15.8 Å². The van der Waals surface area contributed by atoms with Gasteiger partial charge < -0.3 is 15.0 Å². The zero-order valence-corrected chi connectivity index (χ0v) is 16.2. The van der Waals surface area contributed by atoms with Crippen molar-refractivity contribution in [2.24, 2.45) is 0 Å². The number of fused-ring (bicyclic) bond motifs is 3. The smallest absolute Gasteiger partial charge is 0.267 e. The van der Waals surface area contributed by atoms with E-state index in [0.29, 0.717) is 0 Å². The Balaban J connectivity index is 1.32. The summed E-state index contributed by atoms with van der Waals surface area (Å²) >= 11 is 0. The number of benzene rings is 2. The summed E-state index contributed by atoms with van der Waals surface area (Å²) in [6, 6.07) is 14.4. The quantitative estimate of drug-likeness (QED) is 0.215. The number of carbonyl (C=O) groups is 1. The van der Waals surface area contributed by atoms with Crippen molar-refractivity contribution >= 4 is 22.9 Å². The first-order valence-electron chi connectivity index (χ1n) is 9.91. The van der Waals surface area contributed by atoms with Crippen LogP contribution in [0.5, 0.6) is 5.75 Å². The molecule has 0 unspecified atom stereocenters. The monoisotopic (exact) mass is 391 g/mol. The minimum atomic E-state index is -0.541. The Morgan fingerprint density at radius 1 is 1.21 bits per heavy atom. The van der Waals surface area contributed by atoms with Crippen LogP contribution in [0.25, 0.3) is 17.0 Å². The molecule has 0 saturated carbocycles. The molecule has 1 amide bonds. The summed E-state index contributed by atoms with van der Waals surface area (Å²) in [5.41, 5.74) is 7.38. The van der Waals surface area contributed by atoms with Crippen molar-refractivity contribution in [3.63, 3.8) is 0 Å². The van der Waals surface area contributed by atoms with Crippen LogP contribution in [0.1, 0.15) is 28.8 Å². The van der Waals surface area contributed by atoms with Crippen LogP contribution in [0.3, 0.4) is 0 Å². The predicted molar refractivity (Wildman–Crippen MR) is 113 cm³/mol. The number of amides is 1. The van der Waals surface area contributed by atoms with Crippen LogP contribution < -0.4 is 15.5 Å². The molecule has 0 spiro atoms. The van der Waals surface area contributed by atoms with Crippen molar-refractivity contribution in [3.05, 3.63) is 70.9 Å². The molecule has 4 N–H and O–H groups in total. The molecule has 0 aliphatic carbocycles. The minimum absolute atomic E-state index is 0.541. The first-order valence-corrected chi connectivity index (χ1v) is 9.91. The second-order valence-electron chi connectivity index (χ2n) is 7.20. The predicted octanol–water partition coefficient (Wildman–Crippen LogP) is 3.34. The number of aryl methyl sites for hydroxylation is 1. The number of rotatable bonds is 7. The molecule has 1 aromatic heterocycles. The number of aromatic nitrogens is 1. The van der Waals surface area contributed by atoms with Crippen molar-refractivity contribution in [2.75, 3.05) is 13.2 Å². The highest BCUT2D eigenvalue weighted by atomic mass is 16.5. The number of hydroxylamine groups is 1. The molecule has 0 radical (unpaired) electrons. The van der Waals surface area contributed by atoms with Gasteiger partial charge in [0, 0.05) is 18.0 Å². The maximum absolute atomic E-state index is 11.0. The molecule has 6 heteroatoms. The van der Waals surface area contributed by atoms with Crippen molar-refractivity contribution in [2.45, 2.75) is 25.8 Å². The van der Waals surface area contributed by atoms with Crippen molar-refractivity contribution in [3.8, 4) is 5.75 Å². The number of para-hydroxylation sites is 1. The number of ether oxygens (including phenoxy) is 1. The highest BCUT2D eigenvalue weighted by Crippen LogP contribution is 2.35. The largest absolute Gasteiger partial charge is 0.491 e. The Labute approximate surface area is 169 Å². The van der Waals surface area contributed by atoms with Gasteiger partial charge in [-0.05, 0) is 54.6 Å². The van der Waals surface area contributed by atoms with Gasteiger partial charge >= 0.3 is 0 Å². The Morgan fingerprint density at radius 3 is 2.90 bits per heavy atom. The van der Waals surface area contributed by atoms with Crippen molar-refractivity contribution in [1.29, 1.82) is 0 Å². The third-order valence-electron chi connectivity index (χ3n) is 5.18. The molecule has 1 aliphatic heterocycles. The van der Waals surface area contributed by atoms with Gasteiger partial charge in [0.15, 0.2) is 0 Å². The number of aromatic amines is 1. The third kappa shape index (κ3) is 4.50. The van der Waals surface area contributed by atoms with Gasteiger partial charge in [-0.3, -0.25) is 10.0 Å². The van der Waals surface area contributed by atoms with Gasteiger partial charge in [0.25, 0.3) is 5.91 Å². The lowest BCUT2D eigenvalue weighted by Crippen LogP contribution is -2.16. The van der Waals surface area contributed by atoms with E-state index in [1.807, 2.05) is 24.3 Å². The Kier molecular flexibility index (Phi) is 5.93. The van der Waals surface area contributed by atoms with E-state index in [1.54, 1.807) is 11.6 Å². The zero-order chi connectivity index (χ0) is 20.1. The van der Waals surface area contributed by atoms with Crippen LogP contribution in [0.4, 0.5) is 0 Å². The number of nitrogens with one attached hydrogen (secondary N) is 3. The molecule has 0 saturated heterocycles. The SMILES string of the molecule is O=C(/C=C/c1ccc(CNCCc2cccc3c4c([nH]c23)CCCO4)cc1)NO.